The van der Waals surface area contributed by atoms with Crippen LogP contribution in [0, 0.1) is 12.8 Å². The summed E-state index contributed by atoms with van der Waals surface area (Å²) in [5.74, 6) is -0.241. The third kappa shape index (κ3) is 2.72. The van der Waals surface area contributed by atoms with E-state index in [0.717, 1.165) is 0 Å². The number of rotatable bonds is 0. The molecule has 10 heavy (non-hydrogen) atoms. The van der Waals surface area contributed by atoms with E-state index in [1.165, 1.54) is 0 Å². The fourth-order valence-electron chi connectivity index (χ4n) is 0.483. The van der Waals surface area contributed by atoms with Gasteiger partial charge in [-0.3, -0.25) is 9.59 Å². The fourth-order valence-corrected chi connectivity index (χ4v) is 0.483. The molecule has 0 aliphatic carbocycles. The normalized spacial score (nSPS) is 15.8. The number of hydrogen-bond donors (Lipinski definition) is 2. The maximum absolute atomic E-state index is 10.3. The average molecular weight is 140 g/mol. The summed E-state index contributed by atoms with van der Waals surface area (Å²) in [6, 6.07) is 0. The molecule has 0 bridgehead atoms. The van der Waals surface area contributed by atoms with Gasteiger partial charge in [0.05, 0.1) is 13.1 Å². The van der Waals surface area contributed by atoms with E-state index in [9.17, 15) is 9.59 Å². The summed E-state index contributed by atoms with van der Waals surface area (Å²) < 4.78 is 0. The van der Waals surface area contributed by atoms with Crippen LogP contribution in [0.15, 0.2) is 0 Å². The number of terminal acetylenes is 1. The minimum Gasteiger partial charge on any atom is -0.346 e. The molecule has 4 heteroatoms. The monoisotopic (exact) mass is 140 g/mol. The van der Waals surface area contributed by atoms with Crippen molar-refractivity contribution in [1.82, 2.24) is 10.6 Å². The first-order chi connectivity index (χ1) is 4.79. The maximum Gasteiger partial charge on any atom is 0.239 e. The van der Waals surface area contributed by atoms with Crippen molar-refractivity contribution in [2.45, 2.75) is 0 Å². The molecule has 0 atom stereocenters. The van der Waals surface area contributed by atoms with E-state index in [-0.39, 0.29) is 24.9 Å². The zero-order valence-corrected chi connectivity index (χ0v) is 5.39. The summed E-state index contributed by atoms with van der Waals surface area (Å²) in [6.45, 7) is 0.248. The molecule has 54 valence electrons. The molecule has 1 saturated heterocycles. The number of nitrogens with one attached hydrogen (secondary N) is 2. The molecule has 0 unspecified atom stereocenters. The van der Waals surface area contributed by atoms with Gasteiger partial charge in [-0.15, -0.1) is 12.8 Å². The highest BCUT2D eigenvalue weighted by atomic mass is 16.2. The molecule has 1 aliphatic rings. The van der Waals surface area contributed by atoms with Crippen molar-refractivity contribution in [2.24, 2.45) is 0 Å². The van der Waals surface area contributed by atoms with E-state index in [4.69, 9.17) is 0 Å². The Balaban J connectivity index is 0.000000371. The molecule has 0 aromatic heterocycles. The van der Waals surface area contributed by atoms with E-state index < -0.39 is 0 Å². The van der Waals surface area contributed by atoms with Crippen LogP contribution < -0.4 is 10.6 Å². The minimum absolute atomic E-state index is 0.121. The summed E-state index contributed by atoms with van der Waals surface area (Å²) in [6.07, 6.45) is 8.00. The molecule has 1 heterocycles. The fraction of sp³-hybridized carbons (Fsp3) is 0.333. The quantitative estimate of drug-likeness (QED) is 0.401. The molecule has 1 rings (SSSR count). The van der Waals surface area contributed by atoms with Crippen molar-refractivity contribution in [3.8, 4) is 12.8 Å². The van der Waals surface area contributed by atoms with E-state index >= 15 is 0 Å². The minimum atomic E-state index is -0.121. The van der Waals surface area contributed by atoms with Gasteiger partial charge in [0.2, 0.25) is 11.8 Å². The van der Waals surface area contributed by atoms with Crippen LogP contribution >= 0.6 is 0 Å². The van der Waals surface area contributed by atoms with Crippen LogP contribution in [-0.2, 0) is 9.59 Å². The molecule has 4 nitrogen and oxygen atoms in total. The number of amides is 2. The third-order valence-corrected chi connectivity index (χ3v) is 0.892. The second-order valence-electron chi connectivity index (χ2n) is 1.55. The van der Waals surface area contributed by atoms with E-state index in [0.29, 0.717) is 0 Å². The lowest BCUT2D eigenvalue weighted by molar-refractivity contribution is -0.130. The Hall–Kier alpha value is -1.50. The predicted molar refractivity (Wildman–Crippen MR) is 35.9 cm³/mol. The Morgan fingerprint density at radius 3 is 1.50 bits per heavy atom. The first-order valence-electron chi connectivity index (χ1n) is 2.66. The predicted octanol–water partition coefficient (Wildman–Crippen LogP) is -1.52. The molecular formula is C6H8N2O2. The average Bonchev–Trinajstić information content (AvgIpc) is 2.00. The van der Waals surface area contributed by atoms with Crippen molar-refractivity contribution in [3.05, 3.63) is 0 Å². The number of piperazine rings is 1. The molecule has 2 N–H and O–H groups in total. The second kappa shape index (κ2) is 4.39. The molecule has 1 fully saturated rings. The molecule has 1 aliphatic heterocycles. The van der Waals surface area contributed by atoms with Crippen molar-refractivity contribution in [1.29, 1.82) is 0 Å². The molecule has 0 aromatic rings. The van der Waals surface area contributed by atoms with Gasteiger partial charge < -0.3 is 10.6 Å². The molecule has 0 saturated carbocycles. The van der Waals surface area contributed by atoms with Gasteiger partial charge >= 0.3 is 0 Å². The summed E-state index contributed by atoms with van der Waals surface area (Å²) in [5.41, 5.74) is 0. The van der Waals surface area contributed by atoms with Gasteiger partial charge in [-0.1, -0.05) is 0 Å². The first-order valence-corrected chi connectivity index (χ1v) is 2.66. The standard InChI is InChI=1S/C4H6N2O2.C2H2/c7-3-1-5-4(8)2-6-3;1-2/h1-2H2,(H,5,8)(H,6,7);1-2H. The molecule has 0 aromatic carbocycles. The number of hydrogen-bond acceptors (Lipinski definition) is 2. The summed E-state index contributed by atoms with van der Waals surface area (Å²) in [7, 11) is 0. The van der Waals surface area contributed by atoms with Crippen molar-refractivity contribution in [2.75, 3.05) is 13.1 Å². The Bertz CT molecular complexity index is 134. The first kappa shape index (κ1) is 8.50. The highest BCUT2D eigenvalue weighted by molar-refractivity contribution is 5.92. The number of carbonyl (C=O) groups excluding carboxylic acids is 2. The van der Waals surface area contributed by atoms with Crippen molar-refractivity contribution < 1.29 is 9.59 Å². The Morgan fingerprint density at radius 2 is 1.30 bits per heavy atom. The molecule has 2 amide bonds. The van der Waals surface area contributed by atoms with Crippen LogP contribution in [0.1, 0.15) is 0 Å². The molecule has 0 spiro atoms. The van der Waals surface area contributed by atoms with Gasteiger partial charge in [0, 0.05) is 0 Å². The lowest BCUT2D eigenvalue weighted by Gasteiger charge is -2.10. The highest BCUT2D eigenvalue weighted by Crippen LogP contribution is 1.72. The van der Waals surface area contributed by atoms with E-state index in [2.05, 4.69) is 23.5 Å². The van der Waals surface area contributed by atoms with E-state index in [1.54, 1.807) is 0 Å². The van der Waals surface area contributed by atoms with Crippen LogP contribution in [0.5, 0.6) is 0 Å². The SMILES string of the molecule is C#C.O=C1CNC(=O)CN1. The van der Waals surface area contributed by atoms with Gasteiger partial charge in [0.1, 0.15) is 0 Å². The largest absolute Gasteiger partial charge is 0.346 e. The Kier molecular flexibility index (Phi) is 3.73. The van der Waals surface area contributed by atoms with Crippen LogP contribution in [0.3, 0.4) is 0 Å². The third-order valence-electron chi connectivity index (χ3n) is 0.892. The van der Waals surface area contributed by atoms with Gasteiger partial charge in [-0.05, 0) is 0 Å². The summed E-state index contributed by atoms with van der Waals surface area (Å²) in [4.78, 5) is 20.6. The summed E-state index contributed by atoms with van der Waals surface area (Å²) in [5, 5.41) is 4.76. The number of carbonyl (C=O) groups is 2. The van der Waals surface area contributed by atoms with Gasteiger partial charge in [0.15, 0.2) is 0 Å². The van der Waals surface area contributed by atoms with Crippen molar-refractivity contribution >= 4 is 11.8 Å². The van der Waals surface area contributed by atoms with Gasteiger partial charge in [-0.25, -0.2) is 0 Å². The Morgan fingerprint density at radius 1 is 1.00 bits per heavy atom. The molecular weight excluding hydrogens is 132 g/mol. The van der Waals surface area contributed by atoms with Crippen molar-refractivity contribution in [3.63, 3.8) is 0 Å². The van der Waals surface area contributed by atoms with E-state index in [1.807, 2.05) is 0 Å². The van der Waals surface area contributed by atoms with Gasteiger partial charge in [0.25, 0.3) is 0 Å². The smallest absolute Gasteiger partial charge is 0.239 e. The highest BCUT2D eigenvalue weighted by Gasteiger charge is 2.11. The zero-order valence-electron chi connectivity index (χ0n) is 5.39. The van der Waals surface area contributed by atoms with Crippen LogP contribution in [-0.4, -0.2) is 24.9 Å². The lowest BCUT2D eigenvalue weighted by Crippen LogP contribution is -2.48. The van der Waals surface area contributed by atoms with Crippen LogP contribution in [0.25, 0.3) is 0 Å². The van der Waals surface area contributed by atoms with Crippen LogP contribution in [0.4, 0.5) is 0 Å². The van der Waals surface area contributed by atoms with Gasteiger partial charge in [-0.2, -0.15) is 0 Å². The maximum atomic E-state index is 10.3. The Labute approximate surface area is 59.0 Å². The topological polar surface area (TPSA) is 58.2 Å². The zero-order chi connectivity index (χ0) is 7.98. The second-order valence-corrected chi connectivity index (χ2v) is 1.55. The summed E-state index contributed by atoms with van der Waals surface area (Å²) >= 11 is 0. The molecule has 0 radical (unpaired) electrons. The lowest BCUT2D eigenvalue weighted by atomic mass is 10.4. The van der Waals surface area contributed by atoms with Crippen LogP contribution in [0.2, 0.25) is 0 Å².